The molecule has 0 saturated carbocycles. The Kier molecular flexibility index (Phi) is 8.74. The van der Waals surface area contributed by atoms with Gasteiger partial charge in [-0.15, -0.1) is 0 Å². The van der Waals surface area contributed by atoms with E-state index in [9.17, 15) is 4.79 Å². The number of ether oxygens (including phenoxy) is 1. The number of thiocarbonyl (C=S) groups is 1. The second-order valence-corrected chi connectivity index (χ2v) is 8.99. The molecule has 0 bridgehead atoms. The fourth-order valence-electron chi connectivity index (χ4n) is 1.95. The standard InChI is InChI=1S/C17H14Cl5N3O2S/c18-10-6-7-13(12(19)8-10)23-16(28)25-15(17(20,21)22)24-14(26)9-27-11-4-2-1-3-5-11/h1-8,15H,9H2,(H,24,26)(H2,23,25,28)/t15-/m1/s1. The molecule has 0 aliphatic carbocycles. The van der Waals surface area contributed by atoms with Crippen molar-refractivity contribution in [1.29, 1.82) is 0 Å². The molecule has 0 aliphatic rings. The lowest BCUT2D eigenvalue weighted by Gasteiger charge is -2.27. The Bertz CT molecular complexity index is 833. The normalized spacial score (nSPS) is 12.0. The third-order valence-corrected chi connectivity index (χ3v) is 4.62. The van der Waals surface area contributed by atoms with Crippen molar-refractivity contribution in [2.45, 2.75) is 9.96 Å². The number of anilines is 1. The predicted octanol–water partition coefficient (Wildman–Crippen LogP) is 5.17. The maximum Gasteiger partial charge on any atom is 0.259 e. The molecular weight excluding hydrogens is 488 g/mol. The molecule has 11 heteroatoms. The van der Waals surface area contributed by atoms with Crippen LogP contribution in [0.5, 0.6) is 5.75 Å². The SMILES string of the molecule is O=C(COc1ccccc1)N[C@H](NC(=S)Nc1ccc(Cl)cc1Cl)C(Cl)(Cl)Cl. The van der Waals surface area contributed by atoms with Gasteiger partial charge in [0.15, 0.2) is 11.7 Å². The van der Waals surface area contributed by atoms with Gasteiger partial charge in [-0.1, -0.05) is 76.2 Å². The van der Waals surface area contributed by atoms with Crippen LogP contribution in [0.2, 0.25) is 10.0 Å². The van der Waals surface area contributed by atoms with E-state index in [2.05, 4.69) is 16.0 Å². The van der Waals surface area contributed by atoms with Gasteiger partial charge in [0.05, 0.1) is 10.7 Å². The third kappa shape index (κ3) is 7.70. The third-order valence-electron chi connectivity index (χ3n) is 3.20. The van der Waals surface area contributed by atoms with E-state index >= 15 is 0 Å². The summed E-state index contributed by atoms with van der Waals surface area (Å²) in [6.07, 6.45) is -1.13. The van der Waals surface area contributed by atoms with Gasteiger partial charge in [-0.25, -0.2) is 0 Å². The summed E-state index contributed by atoms with van der Waals surface area (Å²) in [5.74, 6) is 0.0191. The molecule has 2 aromatic rings. The summed E-state index contributed by atoms with van der Waals surface area (Å²) in [5.41, 5.74) is 0.491. The molecule has 0 spiro atoms. The summed E-state index contributed by atoms with van der Waals surface area (Å²) < 4.78 is 3.47. The van der Waals surface area contributed by atoms with E-state index in [1.807, 2.05) is 6.07 Å². The number of nitrogens with one attached hydrogen (secondary N) is 3. The average molecular weight is 502 g/mol. The highest BCUT2D eigenvalue weighted by Gasteiger charge is 2.34. The van der Waals surface area contributed by atoms with Gasteiger partial charge in [0.25, 0.3) is 5.91 Å². The number of rotatable bonds is 6. The van der Waals surface area contributed by atoms with Crippen molar-refractivity contribution in [3.8, 4) is 5.75 Å². The van der Waals surface area contributed by atoms with Crippen LogP contribution < -0.4 is 20.7 Å². The van der Waals surface area contributed by atoms with Gasteiger partial charge >= 0.3 is 0 Å². The highest BCUT2D eigenvalue weighted by molar-refractivity contribution is 7.80. The molecule has 1 amide bonds. The highest BCUT2D eigenvalue weighted by Crippen LogP contribution is 2.29. The molecule has 28 heavy (non-hydrogen) atoms. The van der Waals surface area contributed by atoms with Gasteiger partial charge in [0, 0.05) is 5.02 Å². The van der Waals surface area contributed by atoms with Crippen LogP contribution in [-0.4, -0.2) is 27.6 Å². The zero-order valence-corrected chi connectivity index (χ0v) is 18.6. The van der Waals surface area contributed by atoms with Crippen molar-refractivity contribution in [3.05, 3.63) is 58.6 Å². The molecule has 0 aromatic heterocycles. The zero-order valence-electron chi connectivity index (χ0n) is 14.0. The number of carbonyl (C=O) groups excluding carboxylic acids is 1. The lowest BCUT2D eigenvalue weighted by Crippen LogP contribution is -2.57. The monoisotopic (exact) mass is 499 g/mol. The molecule has 0 saturated heterocycles. The van der Waals surface area contributed by atoms with Gasteiger partial charge in [-0.2, -0.15) is 0 Å². The molecular formula is C17H14Cl5N3O2S. The first-order chi connectivity index (χ1) is 13.1. The Labute approximate surface area is 192 Å². The Hall–Kier alpha value is -1.15. The minimum atomic E-state index is -1.89. The van der Waals surface area contributed by atoms with Crippen LogP contribution >= 0.6 is 70.2 Å². The maximum absolute atomic E-state index is 12.2. The Balaban J connectivity index is 1.95. The van der Waals surface area contributed by atoms with Crippen LogP contribution in [0.15, 0.2) is 48.5 Å². The molecule has 1 atom stereocenters. The first-order valence-electron chi connectivity index (χ1n) is 7.71. The number of hydrogen-bond acceptors (Lipinski definition) is 3. The Morgan fingerprint density at radius 2 is 1.75 bits per heavy atom. The van der Waals surface area contributed by atoms with Crippen LogP contribution in [0.1, 0.15) is 0 Å². The van der Waals surface area contributed by atoms with Crippen LogP contribution in [0.4, 0.5) is 5.69 Å². The largest absolute Gasteiger partial charge is 0.484 e. The first-order valence-corrected chi connectivity index (χ1v) is 10.0. The van der Waals surface area contributed by atoms with Crippen molar-refractivity contribution in [2.75, 3.05) is 11.9 Å². The van der Waals surface area contributed by atoms with Crippen molar-refractivity contribution >= 4 is 86.9 Å². The van der Waals surface area contributed by atoms with Crippen LogP contribution in [-0.2, 0) is 4.79 Å². The lowest BCUT2D eigenvalue weighted by atomic mass is 10.3. The maximum atomic E-state index is 12.2. The number of amides is 1. The lowest BCUT2D eigenvalue weighted by molar-refractivity contribution is -0.123. The van der Waals surface area contributed by atoms with Gasteiger partial charge in [0.2, 0.25) is 3.79 Å². The average Bonchev–Trinajstić information content (AvgIpc) is 2.62. The number of hydrogen-bond donors (Lipinski definition) is 3. The summed E-state index contributed by atoms with van der Waals surface area (Å²) in [7, 11) is 0. The van der Waals surface area contributed by atoms with Gasteiger partial charge in [0.1, 0.15) is 11.9 Å². The molecule has 0 radical (unpaired) electrons. The summed E-state index contributed by atoms with van der Waals surface area (Å²) >= 11 is 35.0. The van der Waals surface area contributed by atoms with Crippen molar-refractivity contribution in [2.24, 2.45) is 0 Å². The van der Waals surface area contributed by atoms with E-state index in [0.717, 1.165) is 0 Å². The van der Waals surface area contributed by atoms with Crippen LogP contribution in [0.3, 0.4) is 0 Å². The van der Waals surface area contributed by atoms with E-state index < -0.39 is 15.9 Å². The number of carbonyl (C=O) groups is 1. The molecule has 2 rings (SSSR count). The number of alkyl halides is 3. The smallest absolute Gasteiger partial charge is 0.259 e. The van der Waals surface area contributed by atoms with E-state index in [1.165, 1.54) is 0 Å². The Morgan fingerprint density at radius 1 is 1.07 bits per heavy atom. The minimum Gasteiger partial charge on any atom is -0.484 e. The number of benzene rings is 2. The summed E-state index contributed by atoms with van der Waals surface area (Å²) in [6, 6.07) is 13.6. The van der Waals surface area contributed by atoms with E-state index in [0.29, 0.717) is 21.5 Å². The quantitative estimate of drug-likeness (QED) is 0.290. The molecule has 0 fully saturated rings. The minimum absolute atomic E-state index is 0.0739. The molecule has 0 heterocycles. The molecule has 5 nitrogen and oxygen atoms in total. The van der Waals surface area contributed by atoms with E-state index in [-0.39, 0.29) is 11.7 Å². The first kappa shape index (κ1) is 23.1. The van der Waals surface area contributed by atoms with Crippen LogP contribution in [0, 0.1) is 0 Å². The summed E-state index contributed by atoms with van der Waals surface area (Å²) in [6.45, 7) is -0.272. The molecule has 150 valence electrons. The van der Waals surface area contributed by atoms with Gasteiger partial charge < -0.3 is 20.7 Å². The number of halogens is 5. The van der Waals surface area contributed by atoms with Gasteiger partial charge in [-0.05, 0) is 42.5 Å². The molecule has 3 N–H and O–H groups in total. The van der Waals surface area contributed by atoms with Crippen molar-refractivity contribution in [1.82, 2.24) is 10.6 Å². The fourth-order valence-corrected chi connectivity index (χ4v) is 2.96. The van der Waals surface area contributed by atoms with Crippen molar-refractivity contribution < 1.29 is 9.53 Å². The summed E-state index contributed by atoms with van der Waals surface area (Å²) in [5, 5.41) is 8.97. The van der Waals surface area contributed by atoms with Crippen molar-refractivity contribution in [3.63, 3.8) is 0 Å². The predicted molar refractivity (Wildman–Crippen MR) is 120 cm³/mol. The molecule has 0 unspecified atom stereocenters. The zero-order chi connectivity index (χ0) is 20.7. The Morgan fingerprint density at radius 3 is 2.36 bits per heavy atom. The molecule has 0 aliphatic heterocycles. The van der Waals surface area contributed by atoms with E-state index in [4.69, 9.17) is 75.0 Å². The second-order valence-electron chi connectivity index (χ2n) is 5.37. The molecule has 2 aromatic carbocycles. The van der Waals surface area contributed by atoms with Gasteiger partial charge in [-0.3, -0.25) is 4.79 Å². The van der Waals surface area contributed by atoms with E-state index in [1.54, 1.807) is 42.5 Å². The van der Waals surface area contributed by atoms with Crippen LogP contribution in [0.25, 0.3) is 0 Å². The second kappa shape index (κ2) is 10.6. The topological polar surface area (TPSA) is 62.4 Å². The number of para-hydroxylation sites is 1. The highest BCUT2D eigenvalue weighted by atomic mass is 35.6. The fraction of sp³-hybridized carbons (Fsp3) is 0.176. The summed E-state index contributed by atoms with van der Waals surface area (Å²) in [4.78, 5) is 12.2.